The quantitative estimate of drug-likeness (QED) is 0.0199. The van der Waals surface area contributed by atoms with E-state index in [9.17, 15) is 14.4 Å². The van der Waals surface area contributed by atoms with Crippen molar-refractivity contribution in [2.75, 3.05) is 13.2 Å². The van der Waals surface area contributed by atoms with E-state index in [1.807, 2.05) is 6.08 Å². The Bertz CT molecular complexity index is 1380. The largest absolute Gasteiger partial charge is 0.462 e. The molecule has 69 heavy (non-hydrogen) atoms. The molecule has 0 aromatic heterocycles. The fraction of sp³-hybridized carbons (Fsp3) is 0.698. The fourth-order valence-electron chi connectivity index (χ4n) is 7.81. The Labute approximate surface area is 426 Å². The van der Waals surface area contributed by atoms with Crippen molar-refractivity contribution < 1.29 is 28.6 Å². The lowest BCUT2D eigenvalue weighted by molar-refractivity contribution is -0.166. The van der Waals surface area contributed by atoms with E-state index in [0.717, 1.165) is 83.5 Å². The van der Waals surface area contributed by atoms with Gasteiger partial charge >= 0.3 is 17.9 Å². The van der Waals surface area contributed by atoms with Gasteiger partial charge in [0, 0.05) is 19.3 Å². The first kappa shape index (κ1) is 65.3. The number of carbonyl (C=O) groups is 3. The number of ether oxygens (including phenoxy) is 3. The van der Waals surface area contributed by atoms with Crippen LogP contribution in [-0.2, 0) is 28.6 Å². The molecule has 0 aromatic carbocycles. The summed E-state index contributed by atoms with van der Waals surface area (Å²) < 4.78 is 16.8. The van der Waals surface area contributed by atoms with Gasteiger partial charge < -0.3 is 14.2 Å². The van der Waals surface area contributed by atoms with Crippen LogP contribution in [0.15, 0.2) is 97.2 Å². The summed E-state index contributed by atoms with van der Waals surface area (Å²) in [6.07, 6.45) is 75.5. The molecule has 0 aromatic rings. The Morgan fingerprint density at radius 3 is 1.06 bits per heavy atom. The van der Waals surface area contributed by atoms with Gasteiger partial charge in [-0.3, -0.25) is 14.4 Å². The van der Waals surface area contributed by atoms with Crippen LogP contribution in [0.4, 0.5) is 0 Å². The minimum absolute atomic E-state index is 0.106. The molecule has 394 valence electrons. The van der Waals surface area contributed by atoms with Crippen LogP contribution in [0, 0.1) is 0 Å². The van der Waals surface area contributed by atoms with Crippen LogP contribution < -0.4 is 0 Å². The Hall–Kier alpha value is -3.67. The maximum atomic E-state index is 12.9. The molecule has 0 saturated heterocycles. The summed E-state index contributed by atoms with van der Waals surface area (Å²) >= 11 is 0. The molecule has 0 heterocycles. The van der Waals surface area contributed by atoms with Crippen LogP contribution in [0.5, 0.6) is 0 Å². The Balaban J connectivity index is 4.50. The van der Waals surface area contributed by atoms with Gasteiger partial charge in [0.15, 0.2) is 6.10 Å². The van der Waals surface area contributed by atoms with Crippen molar-refractivity contribution in [2.24, 2.45) is 0 Å². The van der Waals surface area contributed by atoms with Gasteiger partial charge in [0.2, 0.25) is 0 Å². The Kier molecular flexibility index (Phi) is 53.9. The first-order chi connectivity index (χ1) is 34.0. The van der Waals surface area contributed by atoms with E-state index < -0.39 is 6.10 Å². The maximum Gasteiger partial charge on any atom is 0.306 e. The molecule has 0 bridgehead atoms. The lowest BCUT2D eigenvalue weighted by atomic mass is 10.0. The summed E-state index contributed by atoms with van der Waals surface area (Å²) in [4.78, 5) is 38.1. The number of hydrogen-bond acceptors (Lipinski definition) is 6. The van der Waals surface area contributed by atoms with Crippen LogP contribution in [0.2, 0.25) is 0 Å². The highest BCUT2D eigenvalue weighted by atomic mass is 16.6. The van der Waals surface area contributed by atoms with Crippen molar-refractivity contribution in [3.8, 4) is 0 Å². The van der Waals surface area contributed by atoms with Crippen molar-refractivity contribution in [3.63, 3.8) is 0 Å². The SMILES string of the molecule is CC/C=C\C/C=C\C/C=C\C/C=C\C/C=C\C/C=C\CCC(=O)OCC(COC(=O)CCCCCCCC/C=C\C=C/CCCCC)OC(=O)CCCCCCCCCCCCCCCCCCC. The summed E-state index contributed by atoms with van der Waals surface area (Å²) in [6.45, 7) is 6.44. The average Bonchev–Trinajstić information content (AvgIpc) is 3.35. The van der Waals surface area contributed by atoms with E-state index in [0.29, 0.717) is 19.3 Å². The molecule has 0 aliphatic rings. The molecule has 6 nitrogen and oxygen atoms in total. The van der Waals surface area contributed by atoms with Crippen molar-refractivity contribution in [1.82, 2.24) is 0 Å². The Morgan fingerprint density at radius 2 is 0.638 bits per heavy atom. The first-order valence-electron chi connectivity index (χ1n) is 28.8. The van der Waals surface area contributed by atoms with E-state index >= 15 is 0 Å². The smallest absolute Gasteiger partial charge is 0.306 e. The van der Waals surface area contributed by atoms with Crippen LogP contribution in [0.1, 0.15) is 265 Å². The van der Waals surface area contributed by atoms with Gasteiger partial charge in [-0.05, 0) is 83.5 Å². The molecule has 0 amide bonds. The Morgan fingerprint density at radius 1 is 0.319 bits per heavy atom. The lowest BCUT2D eigenvalue weighted by Gasteiger charge is -2.18. The van der Waals surface area contributed by atoms with Gasteiger partial charge in [0.05, 0.1) is 0 Å². The van der Waals surface area contributed by atoms with Crippen molar-refractivity contribution >= 4 is 17.9 Å². The van der Waals surface area contributed by atoms with E-state index in [1.54, 1.807) is 0 Å². The minimum Gasteiger partial charge on any atom is -0.462 e. The molecule has 6 heteroatoms. The summed E-state index contributed by atoms with van der Waals surface area (Å²) in [5.74, 6) is -0.998. The van der Waals surface area contributed by atoms with Crippen LogP contribution in [0.25, 0.3) is 0 Å². The molecular formula is C63H106O6. The molecule has 1 unspecified atom stereocenters. The standard InChI is InChI=1S/C63H106O6/c1-4-7-10-13-16-19-22-25-28-30-31-33-35-38-41-44-47-50-53-56-62(65)68-59-60(58-67-61(64)55-52-49-46-43-40-37-34-27-24-21-18-15-12-9-6-3)69-63(66)57-54-51-48-45-42-39-36-32-29-26-23-20-17-14-11-8-5-2/h7,10,16,18-19,21,24-25,27-28,31,33,38,41,47,50,60H,4-6,8-9,11-15,17,20,22-23,26,29-30,32,34-37,39-40,42-46,48-49,51-59H2,1-3H3/b10-7-,19-16-,21-18-,27-24-,28-25-,33-31-,41-38-,50-47-. The van der Waals surface area contributed by atoms with E-state index in [2.05, 4.69) is 112 Å². The second kappa shape index (κ2) is 56.9. The number of carbonyl (C=O) groups excluding carboxylic acids is 3. The predicted octanol–water partition coefficient (Wildman–Crippen LogP) is 19.3. The molecule has 0 saturated carbocycles. The van der Waals surface area contributed by atoms with Crippen LogP contribution in [-0.4, -0.2) is 37.2 Å². The second-order valence-electron chi connectivity index (χ2n) is 18.9. The normalized spacial score (nSPS) is 12.8. The van der Waals surface area contributed by atoms with Gasteiger partial charge in [0.1, 0.15) is 13.2 Å². The number of allylic oxidation sites excluding steroid dienone is 16. The molecule has 0 N–H and O–H groups in total. The fourth-order valence-corrected chi connectivity index (χ4v) is 7.81. The van der Waals surface area contributed by atoms with Gasteiger partial charge in [-0.2, -0.15) is 0 Å². The third-order valence-corrected chi connectivity index (χ3v) is 12.1. The molecule has 0 fully saturated rings. The topological polar surface area (TPSA) is 78.9 Å². The second-order valence-corrected chi connectivity index (χ2v) is 18.9. The summed E-state index contributed by atoms with van der Waals surface area (Å²) in [5.41, 5.74) is 0. The van der Waals surface area contributed by atoms with E-state index in [4.69, 9.17) is 14.2 Å². The molecule has 0 aliphatic heterocycles. The zero-order chi connectivity index (χ0) is 50.0. The van der Waals surface area contributed by atoms with Gasteiger partial charge in [-0.1, -0.05) is 259 Å². The van der Waals surface area contributed by atoms with E-state index in [1.165, 1.54) is 135 Å². The highest BCUT2D eigenvalue weighted by Crippen LogP contribution is 2.16. The summed E-state index contributed by atoms with van der Waals surface area (Å²) in [7, 11) is 0. The van der Waals surface area contributed by atoms with Crippen molar-refractivity contribution in [2.45, 2.75) is 271 Å². The average molecular weight is 960 g/mol. The van der Waals surface area contributed by atoms with Crippen molar-refractivity contribution in [1.29, 1.82) is 0 Å². The van der Waals surface area contributed by atoms with Gasteiger partial charge in [-0.25, -0.2) is 0 Å². The highest BCUT2D eigenvalue weighted by Gasteiger charge is 2.19. The molecule has 0 spiro atoms. The van der Waals surface area contributed by atoms with Gasteiger partial charge in [-0.15, -0.1) is 0 Å². The summed E-state index contributed by atoms with van der Waals surface area (Å²) in [5, 5.41) is 0. The lowest BCUT2D eigenvalue weighted by Crippen LogP contribution is -2.30. The molecule has 0 rings (SSSR count). The van der Waals surface area contributed by atoms with E-state index in [-0.39, 0.29) is 37.5 Å². The molecule has 0 radical (unpaired) electrons. The third kappa shape index (κ3) is 55.1. The summed E-state index contributed by atoms with van der Waals surface area (Å²) in [6, 6.07) is 0. The predicted molar refractivity (Wildman–Crippen MR) is 297 cm³/mol. The number of unbranched alkanes of at least 4 members (excludes halogenated alkanes) is 25. The highest BCUT2D eigenvalue weighted by molar-refractivity contribution is 5.71. The van der Waals surface area contributed by atoms with Crippen LogP contribution in [0.3, 0.4) is 0 Å². The molecule has 1 atom stereocenters. The molecular weight excluding hydrogens is 853 g/mol. The zero-order valence-corrected chi connectivity index (χ0v) is 45.0. The monoisotopic (exact) mass is 959 g/mol. The first-order valence-corrected chi connectivity index (χ1v) is 28.8. The number of esters is 3. The number of hydrogen-bond donors (Lipinski definition) is 0. The number of rotatable bonds is 51. The third-order valence-electron chi connectivity index (χ3n) is 12.1. The van der Waals surface area contributed by atoms with Crippen molar-refractivity contribution in [3.05, 3.63) is 97.2 Å². The minimum atomic E-state index is -0.812. The maximum absolute atomic E-state index is 12.9. The zero-order valence-electron chi connectivity index (χ0n) is 45.0. The molecule has 0 aliphatic carbocycles. The van der Waals surface area contributed by atoms with Crippen LogP contribution >= 0.6 is 0 Å². The van der Waals surface area contributed by atoms with Gasteiger partial charge in [0.25, 0.3) is 0 Å².